The first-order chi connectivity index (χ1) is 6.42. The maximum atomic E-state index is 9.20. The first-order valence-corrected chi connectivity index (χ1v) is 5.41. The van der Waals surface area contributed by atoms with Crippen molar-refractivity contribution in [3.8, 4) is 0 Å². The summed E-state index contributed by atoms with van der Waals surface area (Å²) in [4.78, 5) is 2.51. The van der Waals surface area contributed by atoms with Gasteiger partial charge < -0.3 is 5.11 Å². The third-order valence-electron chi connectivity index (χ3n) is 3.34. The van der Waals surface area contributed by atoms with Crippen LogP contribution >= 0.6 is 0 Å². The summed E-state index contributed by atoms with van der Waals surface area (Å²) in [5.74, 6) is 0. The van der Waals surface area contributed by atoms with Gasteiger partial charge in [-0.05, 0) is 32.2 Å². The van der Waals surface area contributed by atoms with Crippen LogP contribution in [0, 0.1) is 0 Å². The van der Waals surface area contributed by atoms with Crippen LogP contribution < -0.4 is 5.32 Å². The molecule has 0 aromatic carbocycles. The van der Waals surface area contributed by atoms with E-state index in [0.29, 0.717) is 18.7 Å². The van der Waals surface area contributed by atoms with Gasteiger partial charge in [0.15, 0.2) is 0 Å². The van der Waals surface area contributed by atoms with Gasteiger partial charge >= 0.3 is 0 Å². The van der Waals surface area contributed by atoms with Gasteiger partial charge in [-0.1, -0.05) is 0 Å². The summed E-state index contributed by atoms with van der Waals surface area (Å²) in [5.41, 5.74) is 0. The number of likely N-dealkylation sites (tertiary alicyclic amines) is 1. The second-order valence-corrected chi connectivity index (χ2v) is 4.12. The van der Waals surface area contributed by atoms with Crippen LogP contribution in [0.2, 0.25) is 0 Å². The fraction of sp³-hybridized carbons (Fsp3) is 1.00. The van der Waals surface area contributed by atoms with Crippen molar-refractivity contribution < 1.29 is 5.11 Å². The van der Waals surface area contributed by atoms with Gasteiger partial charge in [-0.2, -0.15) is 0 Å². The Balaban J connectivity index is 1.90. The predicted octanol–water partition coefficient (Wildman–Crippen LogP) is 0.210. The molecule has 3 nitrogen and oxygen atoms in total. The molecule has 3 heteroatoms. The van der Waals surface area contributed by atoms with Gasteiger partial charge in [0.25, 0.3) is 0 Å². The molecule has 0 saturated carbocycles. The zero-order chi connectivity index (χ0) is 9.10. The third-order valence-corrected chi connectivity index (χ3v) is 3.34. The average Bonchev–Trinajstić information content (AvgIpc) is 2.67. The van der Waals surface area contributed by atoms with Crippen molar-refractivity contribution in [2.24, 2.45) is 0 Å². The first kappa shape index (κ1) is 9.44. The molecule has 1 atom stereocenters. The second-order valence-electron chi connectivity index (χ2n) is 4.12. The standard InChI is InChI=1S/C10H19N2O/c13-8-10-2-1-7-12(10)9-3-5-11-6-4-9/h9-10,13H,1-8H2. The van der Waals surface area contributed by atoms with Gasteiger partial charge in [0.2, 0.25) is 0 Å². The molecule has 0 aliphatic carbocycles. The molecule has 1 unspecified atom stereocenters. The Morgan fingerprint density at radius 1 is 1.23 bits per heavy atom. The minimum absolute atomic E-state index is 0.341. The lowest BCUT2D eigenvalue weighted by Gasteiger charge is -2.34. The molecule has 13 heavy (non-hydrogen) atoms. The topological polar surface area (TPSA) is 37.6 Å². The lowest BCUT2D eigenvalue weighted by Crippen LogP contribution is -2.45. The van der Waals surface area contributed by atoms with Crippen LogP contribution in [0.25, 0.3) is 0 Å². The van der Waals surface area contributed by atoms with Crippen LogP contribution in [0.15, 0.2) is 0 Å². The molecule has 1 N–H and O–H groups in total. The molecule has 2 heterocycles. The Morgan fingerprint density at radius 3 is 2.69 bits per heavy atom. The van der Waals surface area contributed by atoms with Gasteiger partial charge in [-0.3, -0.25) is 4.90 Å². The van der Waals surface area contributed by atoms with Gasteiger partial charge in [0.1, 0.15) is 0 Å². The van der Waals surface area contributed by atoms with E-state index in [0.717, 1.165) is 13.1 Å². The smallest absolute Gasteiger partial charge is 0.0586 e. The fourth-order valence-corrected chi connectivity index (χ4v) is 2.60. The summed E-state index contributed by atoms with van der Waals surface area (Å²) in [6, 6.07) is 1.15. The Labute approximate surface area is 80.1 Å². The Kier molecular flexibility index (Phi) is 3.19. The summed E-state index contributed by atoms with van der Waals surface area (Å²) in [6.07, 6.45) is 4.86. The van der Waals surface area contributed by atoms with Crippen LogP contribution in [0.1, 0.15) is 25.7 Å². The molecule has 2 fully saturated rings. The maximum Gasteiger partial charge on any atom is 0.0586 e. The van der Waals surface area contributed by atoms with E-state index >= 15 is 0 Å². The van der Waals surface area contributed by atoms with Crippen molar-refractivity contribution >= 4 is 0 Å². The van der Waals surface area contributed by atoms with Crippen molar-refractivity contribution in [2.75, 3.05) is 26.2 Å². The largest absolute Gasteiger partial charge is 0.395 e. The van der Waals surface area contributed by atoms with Gasteiger partial charge in [0.05, 0.1) is 6.61 Å². The zero-order valence-corrected chi connectivity index (χ0v) is 8.15. The summed E-state index contributed by atoms with van der Waals surface area (Å²) < 4.78 is 0. The normalized spacial score (nSPS) is 32.5. The van der Waals surface area contributed by atoms with Crippen molar-refractivity contribution in [1.82, 2.24) is 10.2 Å². The number of rotatable bonds is 2. The molecule has 1 radical (unpaired) electrons. The fourth-order valence-electron chi connectivity index (χ4n) is 2.60. The number of aliphatic hydroxyl groups excluding tert-OH is 1. The highest BCUT2D eigenvalue weighted by Gasteiger charge is 2.30. The van der Waals surface area contributed by atoms with Crippen molar-refractivity contribution in [2.45, 2.75) is 37.8 Å². The maximum absolute atomic E-state index is 9.20. The molecule has 0 bridgehead atoms. The highest BCUT2D eigenvalue weighted by molar-refractivity contribution is 4.86. The van der Waals surface area contributed by atoms with E-state index in [4.69, 9.17) is 0 Å². The van der Waals surface area contributed by atoms with Crippen LogP contribution in [-0.2, 0) is 0 Å². The van der Waals surface area contributed by atoms with Gasteiger partial charge in [-0.25, -0.2) is 5.32 Å². The summed E-state index contributed by atoms with van der Waals surface area (Å²) in [6.45, 7) is 3.59. The van der Waals surface area contributed by atoms with E-state index in [9.17, 15) is 5.11 Å². The van der Waals surface area contributed by atoms with E-state index in [1.165, 1.54) is 32.2 Å². The molecule has 0 amide bonds. The Hall–Kier alpha value is -0.120. The van der Waals surface area contributed by atoms with Crippen molar-refractivity contribution in [3.05, 3.63) is 0 Å². The first-order valence-electron chi connectivity index (χ1n) is 5.41. The quantitative estimate of drug-likeness (QED) is 0.664. The van der Waals surface area contributed by atoms with Crippen molar-refractivity contribution in [1.29, 1.82) is 0 Å². The third kappa shape index (κ3) is 2.03. The number of hydrogen-bond donors (Lipinski definition) is 1. The molecule has 75 valence electrons. The minimum Gasteiger partial charge on any atom is -0.395 e. The predicted molar refractivity (Wildman–Crippen MR) is 51.7 cm³/mol. The van der Waals surface area contributed by atoms with E-state index in [2.05, 4.69) is 10.2 Å². The van der Waals surface area contributed by atoms with Gasteiger partial charge in [0, 0.05) is 25.2 Å². The molecule has 0 spiro atoms. The second kappa shape index (κ2) is 4.40. The Bertz CT molecular complexity index is 157. The number of aliphatic hydroxyl groups is 1. The monoisotopic (exact) mass is 183 g/mol. The van der Waals surface area contributed by atoms with Crippen LogP contribution in [0.4, 0.5) is 0 Å². The molecule has 0 aromatic rings. The molecular formula is C10H19N2O. The van der Waals surface area contributed by atoms with Crippen molar-refractivity contribution in [3.63, 3.8) is 0 Å². The van der Waals surface area contributed by atoms with Crippen LogP contribution in [0.3, 0.4) is 0 Å². The molecule has 2 aliphatic heterocycles. The summed E-state index contributed by atoms with van der Waals surface area (Å²) >= 11 is 0. The highest BCUT2D eigenvalue weighted by Crippen LogP contribution is 2.23. The molecule has 0 aromatic heterocycles. The van der Waals surface area contributed by atoms with E-state index in [1.807, 2.05) is 0 Å². The highest BCUT2D eigenvalue weighted by atomic mass is 16.3. The molecule has 2 saturated heterocycles. The van der Waals surface area contributed by atoms with Crippen LogP contribution in [0.5, 0.6) is 0 Å². The van der Waals surface area contributed by atoms with E-state index in [1.54, 1.807) is 0 Å². The van der Waals surface area contributed by atoms with Gasteiger partial charge in [-0.15, -0.1) is 0 Å². The Morgan fingerprint density at radius 2 is 2.00 bits per heavy atom. The van der Waals surface area contributed by atoms with Crippen LogP contribution in [-0.4, -0.2) is 48.3 Å². The average molecular weight is 183 g/mol. The number of piperidine rings is 1. The molecular weight excluding hydrogens is 164 g/mol. The lowest BCUT2D eigenvalue weighted by molar-refractivity contribution is 0.101. The number of hydrogen-bond acceptors (Lipinski definition) is 2. The summed E-state index contributed by atoms with van der Waals surface area (Å²) in [7, 11) is 0. The van der Waals surface area contributed by atoms with E-state index in [-0.39, 0.29) is 0 Å². The molecule has 2 aliphatic rings. The SMILES string of the molecule is OCC1CCCN1C1CC[N]CC1. The number of nitrogens with zero attached hydrogens (tertiary/aromatic N) is 2. The molecule has 2 rings (SSSR count). The van der Waals surface area contributed by atoms with E-state index < -0.39 is 0 Å². The minimum atomic E-state index is 0.341. The zero-order valence-electron chi connectivity index (χ0n) is 8.15. The summed E-state index contributed by atoms with van der Waals surface area (Å²) in [5, 5.41) is 13.6. The lowest BCUT2D eigenvalue weighted by atomic mass is 10.0.